The van der Waals surface area contributed by atoms with Crippen LogP contribution in [-0.4, -0.2) is 38.0 Å². The van der Waals surface area contributed by atoms with Crippen LogP contribution < -0.4 is 0 Å². The van der Waals surface area contributed by atoms with Crippen LogP contribution in [0.5, 0.6) is 0 Å². The zero-order valence-electron chi connectivity index (χ0n) is 19.1. The highest BCUT2D eigenvalue weighted by Crippen LogP contribution is 2.43. The molecule has 4 atom stereocenters. The largest absolute Gasteiger partial charge is 0.445 e. The Morgan fingerprint density at radius 2 is 1.97 bits per heavy atom. The summed E-state index contributed by atoms with van der Waals surface area (Å²) in [6.07, 6.45) is 8.12. The number of ether oxygens (including phenoxy) is 1. The highest BCUT2D eigenvalue weighted by Gasteiger charge is 2.47. The summed E-state index contributed by atoms with van der Waals surface area (Å²) in [5, 5.41) is 0.143. The number of fused-ring (bicyclic) bond motifs is 2. The Labute approximate surface area is 183 Å². The predicted octanol–water partition coefficient (Wildman–Crippen LogP) is 6.17. The molecule has 0 N–H and O–H groups in total. The standard InChI is InChI=1S/C25H37NO3Si/c1-7-11-23(29-30(5,6)25(2,3)4)21-16-20-14-15-22(21)26(17-20)24(27)28-18-19-12-9-8-10-13-19/h7-10,12-15,20-23H,1,11,16-18H2,2-6H3/t20-,21+,22+,23-/m1/s1. The van der Waals surface area contributed by atoms with Crippen LogP contribution in [-0.2, 0) is 15.8 Å². The van der Waals surface area contributed by atoms with Crippen molar-refractivity contribution in [2.24, 2.45) is 11.8 Å². The summed E-state index contributed by atoms with van der Waals surface area (Å²) in [5.41, 5.74) is 1.01. The van der Waals surface area contributed by atoms with Gasteiger partial charge in [-0.1, -0.05) is 69.3 Å². The van der Waals surface area contributed by atoms with Crippen LogP contribution in [0, 0.1) is 11.8 Å². The van der Waals surface area contributed by atoms with E-state index in [1.54, 1.807) is 0 Å². The van der Waals surface area contributed by atoms with E-state index in [-0.39, 0.29) is 29.2 Å². The molecule has 1 aromatic carbocycles. The van der Waals surface area contributed by atoms with Gasteiger partial charge < -0.3 is 14.1 Å². The minimum atomic E-state index is -1.93. The van der Waals surface area contributed by atoms with E-state index in [1.165, 1.54) is 0 Å². The molecule has 4 rings (SSSR count). The summed E-state index contributed by atoms with van der Waals surface area (Å²) in [6, 6.07) is 9.86. The summed E-state index contributed by atoms with van der Waals surface area (Å²) in [5.74, 6) is 0.629. The zero-order valence-corrected chi connectivity index (χ0v) is 20.1. The smallest absolute Gasteiger partial charge is 0.410 e. The number of amides is 1. The molecule has 3 aliphatic rings. The third-order valence-electron chi connectivity index (χ3n) is 6.95. The zero-order chi connectivity index (χ0) is 21.9. The van der Waals surface area contributed by atoms with E-state index in [9.17, 15) is 4.79 Å². The maximum atomic E-state index is 12.9. The summed E-state index contributed by atoms with van der Waals surface area (Å²) in [4.78, 5) is 14.9. The minimum Gasteiger partial charge on any atom is -0.445 e. The number of rotatable bonds is 7. The molecule has 5 heteroatoms. The minimum absolute atomic E-state index is 0.0213. The molecule has 2 heterocycles. The van der Waals surface area contributed by atoms with E-state index in [0.717, 1.165) is 24.9 Å². The van der Waals surface area contributed by atoms with E-state index in [2.05, 4.69) is 52.6 Å². The first-order chi connectivity index (χ1) is 14.1. The molecular formula is C25H37NO3Si. The molecule has 1 aliphatic carbocycles. The van der Waals surface area contributed by atoms with Gasteiger partial charge in [0.05, 0.1) is 12.1 Å². The van der Waals surface area contributed by atoms with Gasteiger partial charge in [0.2, 0.25) is 0 Å². The molecule has 2 aliphatic heterocycles. The van der Waals surface area contributed by atoms with Crippen molar-refractivity contribution >= 4 is 14.4 Å². The van der Waals surface area contributed by atoms with Gasteiger partial charge in [-0.05, 0) is 42.5 Å². The monoisotopic (exact) mass is 427 g/mol. The topological polar surface area (TPSA) is 38.8 Å². The van der Waals surface area contributed by atoms with Gasteiger partial charge in [0.1, 0.15) is 6.61 Å². The SMILES string of the molecule is C=CC[C@@H](O[Si](C)(C)C(C)(C)C)[C@H]1C[C@H]2C=C[C@@H]1N(C(=O)OCc1ccccc1)C2. The van der Waals surface area contributed by atoms with Gasteiger partial charge in [0.15, 0.2) is 8.32 Å². The summed E-state index contributed by atoms with van der Waals surface area (Å²) >= 11 is 0. The molecule has 1 saturated heterocycles. The number of nitrogens with zero attached hydrogens (tertiary/aromatic N) is 1. The van der Waals surface area contributed by atoms with Crippen LogP contribution in [0.3, 0.4) is 0 Å². The molecule has 0 aromatic heterocycles. The molecule has 30 heavy (non-hydrogen) atoms. The summed E-state index contributed by atoms with van der Waals surface area (Å²) in [7, 11) is -1.93. The molecule has 0 saturated carbocycles. The van der Waals surface area contributed by atoms with Crippen molar-refractivity contribution in [2.45, 2.75) is 70.5 Å². The number of hydrogen-bond donors (Lipinski definition) is 0. The Morgan fingerprint density at radius 1 is 1.27 bits per heavy atom. The predicted molar refractivity (Wildman–Crippen MR) is 125 cm³/mol. The van der Waals surface area contributed by atoms with E-state index in [4.69, 9.17) is 9.16 Å². The van der Waals surface area contributed by atoms with Crippen LogP contribution in [0.15, 0.2) is 55.1 Å². The maximum Gasteiger partial charge on any atom is 0.410 e. The highest BCUT2D eigenvalue weighted by molar-refractivity contribution is 6.74. The lowest BCUT2D eigenvalue weighted by atomic mass is 9.74. The van der Waals surface area contributed by atoms with Crippen LogP contribution in [0.4, 0.5) is 4.79 Å². The van der Waals surface area contributed by atoms with Crippen molar-refractivity contribution in [1.82, 2.24) is 4.90 Å². The third-order valence-corrected chi connectivity index (χ3v) is 11.5. The number of carbonyl (C=O) groups excluding carboxylic acids is 1. The van der Waals surface area contributed by atoms with Crippen molar-refractivity contribution in [2.75, 3.05) is 6.54 Å². The lowest BCUT2D eigenvalue weighted by Crippen LogP contribution is -2.57. The Morgan fingerprint density at radius 3 is 2.57 bits per heavy atom. The van der Waals surface area contributed by atoms with E-state index >= 15 is 0 Å². The first-order valence-corrected chi connectivity index (χ1v) is 14.0. The van der Waals surface area contributed by atoms with E-state index in [1.807, 2.05) is 41.3 Å². The molecule has 0 unspecified atom stereocenters. The molecule has 1 fully saturated rings. The second-order valence-corrected chi connectivity index (χ2v) is 14.9. The van der Waals surface area contributed by atoms with Crippen LogP contribution in [0.1, 0.15) is 39.2 Å². The van der Waals surface area contributed by atoms with Gasteiger partial charge in [0, 0.05) is 12.5 Å². The van der Waals surface area contributed by atoms with Crippen LogP contribution in [0.25, 0.3) is 0 Å². The number of carbonyl (C=O) groups is 1. The molecule has 2 bridgehead atoms. The summed E-state index contributed by atoms with van der Waals surface area (Å²) in [6.45, 7) is 16.4. The average molecular weight is 428 g/mol. The first-order valence-electron chi connectivity index (χ1n) is 11.1. The van der Waals surface area contributed by atoms with Crippen molar-refractivity contribution in [3.05, 3.63) is 60.7 Å². The van der Waals surface area contributed by atoms with Crippen LogP contribution in [0.2, 0.25) is 18.1 Å². The molecule has 1 aromatic rings. The average Bonchev–Trinajstić information content (AvgIpc) is 2.71. The molecule has 0 radical (unpaired) electrons. The second-order valence-electron chi connectivity index (χ2n) is 10.2. The van der Waals surface area contributed by atoms with Crippen molar-refractivity contribution in [1.29, 1.82) is 0 Å². The van der Waals surface area contributed by atoms with E-state index in [0.29, 0.717) is 12.5 Å². The Kier molecular flexibility index (Phi) is 6.93. The quantitative estimate of drug-likeness (QED) is 0.386. The van der Waals surface area contributed by atoms with Gasteiger partial charge in [0.25, 0.3) is 0 Å². The van der Waals surface area contributed by atoms with Crippen molar-refractivity contribution in [3.8, 4) is 0 Å². The second kappa shape index (κ2) is 9.11. The van der Waals surface area contributed by atoms with Gasteiger partial charge in [-0.25, -0.2) is 4.79 Å². The fourth-order valence-corrected chi connectivity index (χ4v) is 5.61. The number of piperidine rings is 1. The Bertz CT molecular complexity index is 768. The maximum absolute atomic E-state index is 12.9. The molecule has 0 spiro atoms. The third kappa shape index (κ3) is 5.06. The fraction of sp³-hybridized carbons (Fsp3) is 0.560. The number of benzene rings is 1. The lowest BCUT2D eigenvalue weighted by molar-refractivity contribution is 0.00219. The molecule has 4 nitrogen and oxygen atoms in total. The number of hydrogen-bond acceptors (Lipinski definition) is 3. The fourth-order valence-electron chi connectivity index (χ4n) is 4.23. The highest BCUT2D eigenvalue weighted by atomic mass is 28.4. The van der Waals surface area contributed by atoms with Gasteiger partial charge in [-0.2, -0.15) is 0 Å². The van der Waals surface area contributed by atoms with Gasteiger partial charge in [-0.3, -0.25) is 0 Å². The van der Waals surface area contributed by atoms with Gasteiger partial charge in [-0.15, -0.1) is 6.58 Å². The normalized spacial score (nSPS) is 24.6. The van der Waals surface area contributed by atoms with E-state index < -0.39 is 8.32 Å². The Balaban J connectivity index is 1.73. The van der Waals surface area contributed by atoms with Crippen LogP contribution >= 0.6 is 0 Å². The molecule has 164 valence electrons. The lowest BCUT2D eigenvalue weighted by Gasteiger charge is -2.50. The van der Waals surface area contributed by atoms with Gasteiger partial charge >= 0.3 is 6.09 Å². The first kappa shape index (κ1) is 22.8. The Hall–Kier alpha value is -1.85. The molecular weight excluding hydrogens is 390 g/mol. The molecule has 1 amide bonds. The summed E-state index contributed by atoms with van der Waals surface area (Å²) < 4.78 is 12.5. The van der Waals surface area contributed by atoms with Crippen molar-refractivity contribution < 1.29 is 14.0 Å². The van der Waals surface area contributed by atoms with Crippen molar-refractivity contribution in [3.63, 3.8) is 0 Å².